The van der Waals surface area contributed by atoms with E-state index in [0.717, 1.165) is 19.3 Å². The highest BCUT2D eigenvalue weighted by Gasteiger charge is 2.35. The molecule has 17 heavy (non-hydrogen) atoms. The molecule has 1 rings (SSSR count). The van der Waals surface area contributed by atoms with Gasteiger partial charge < -0.3 is 21.3 Å². The molecule has 6 heteroatoms. The smallest absolute Gasteiger partial charge is 0.328 e. The van der Waals surface area contributed by atoms with Crippen LogP contribution in [0.15, 0.2) is 0 Å². The van der Waals surface area contributed by atoms with Crippen LogP contribution in [-0.4, -0.2) is 40.8 Å². The van der Waals surface area contributed by atoms with Crippen LogP contribution in [0, 0.1) is 11.8 Å². The van der Waals surface area contributed by atoms with E-state index in [4.69, 9.17) is 10.8 Å². The van der Waals surface area contributed by atoms with Gasteiger partial charge in [0.05, 0.1) is 6.10 Å². The van der Waals surface area contributed by atoms with Crippen molar-refractivity contribution in [3.05, 3.63) is 0 Å². The molecule has 1 saturated carbocycles. The molecule has 4 atom stereocenters. The Kier molecular flexibility index (Phi) is 4.89. The molecule has 0 saturated heterocycles. The topological polar surface area (TPSA) is 113 Å². The Balaban J connectivity index is 2.61. The van der Waals surface area contributed by atoms with Crippen LogP contribution in [0.3, 0.4) is 0 Å². The van der Waals surface area contributed by atoms with E-state index in [1.807, 2.05) is 0 Å². The van der Waals surface area contributed by atoms with Gasteiger partial charge in [-0.15, -0.1) is 0 Å². The van der Waals surface area contributed by atoms with Crippen LogP contribution in [0.5, 0.6) is 0 Å². The minimum Gasteiger partial charge on any atom is -0.480 e. The van der Waals surface area contributed by atoms with E-state index >= 15 is 0 Å². The van der Waals surface area contributed by atoms with Crippen molar-refractivity contribution in [1.82, 2.24) is 5.32 Å². The number of hydrogen-bond donors (Lipinski definition) is 4. The Morgan fingerprint density at radius 3 is 2.59 bits per heavy atom. The number of aliphatic hydroxyl groups excluding tert-OH is 1. The van der Waals surface area contributed by atoms with Crippen molar-refractivity contribution in [3.8, 4) is 0 Å². The van der Waals surface area contributed by atoms with Gasteiger partial charge in [-0.25, -0.2) is 4.79 Å². The average Bonchev–Trinajstić information content (AvgIpc) is 2.72. The molecule has 0 aliphatic heterocycles. The van der Waals surface area contributed by atoms with E-state index < -0.39 is 18.1 Å². The van der Waals surface area contributed by atoms with Crippen LogP contribution in [0.1, 0.15) is 26.2 Å². The normalized spacial score (nSPS) is 27.5. The number of nitrogens with two attached hydrogens (primary N) is 1. The number of carboxylic acid groups (broad SMARTS) is 1. The number of aliphatic carboxylic acids is 1. The van der Waals surface area contributed by atoms with Crippen LogP contribution < -0.4 is 11.1 Å². The van der Waals surface area contributed by atoms with E-state index in [-0.39, 0.29) is 17.7 Å². The molecular formula is C11H20N2O4. The van der Waals surface area contributed by atoms with Gasteiger partial charge in [0.15, 0.2) is 6.04 Å². The number of rotatable bonds is 5. The van der Waals surface area contributed by atoms with Crippen molar-refractivity contribution in [2.24, 2.45) is 17.6 Å². The molecule has 1 fully saturated rings. The second kappa shape index (κ2) is 5.97. The van der Waals surface area contributed by atoms with E-state index in [9.17, 15) is 14.7 Å². The van der Waals surface area contributed by atoms with Crippen molar-refractivity contribution in [2.75, 3.05) is 6.54 Å². The zero-order valence-electron chi connectivity index (χ0n) is 9.93. The molecule has 0 radical (unpaired) electrons. The Bertz CT molecular complexity index is 293. The molecule has 0 aromatic rings. The second-order valence-electron chi connectivity index (χ2n) is 4.60. The fourth-order valence-electron chi connectivity index (χ4n) is 2.31. The molecule has 1 aliphatic rings. The van der Waals surface area contributed by atoms with Gasteiger partial charge in [0.1, 0.15) is 0 Å². The van der Waals surface area contributed by atoms with Gasteiger partial charge >= 0.3 is 5.97 Å². The SMILES string of the molecule is CC(O)C(NC(=O)C1CCCC1CN)C(=O)O. The van der Waals surface area contributed by atoms with Crippen LogP contribution in [0.25, 0.3) is 0 Å². The van der Waals surface area contributed by atoms with Crippen molar-refractivity contribution in [3.63, 3.8) is 0 Å². The monoisotopic (exact) mass is 244 g/mol. The third-order valence-corrected chi connectivity index (χ3v) is 3.34. The Labute approximate surface area is 100 Å². The fourth-order valence-corrected chi connectivity index (χ4v) is 2.31. The first kappa shape index (κ1) is 13.9. The molecule has 1 amide bonds. The zero-order chi connectivity index (χ0) is 13.0. The zero-order valence-corrected chi connectivity index (χ0v) is 9.93. The largest absolute Gasteiger partial charge is 0.480 e. The molecule has 1 aliphatic carbocycles. The lowest BCUT2D eigenvalue weighted by Crippen LogP contribution is -2.50. The van der Waals surface area contributed by atoms with Crippen LogP contribution >= 0.6 is 0 Å². The summed E-state index contributed by atoms with van der Waals surface area (Å²) in [6.07, 6.45) is 1.46. The van der Waals surface area contributed by atoms with Crippen molar-refractivity contribution >= 4 is 11.9 Å². The quantitative estimate of drug-likeness (QED) is 0.511. The number of carboxylic acids is 1. The van der Waals surface area contributed by atoms with Gasteiger partial charge in [-0.05, 0) is 32.2 Å². The lowest BCUT2D eigenvalue weighted by Gasteiger charge is -2.22. The van der Waals surface area contributed by atoms with Crippen molar-refractivity contribution in [2.45, 2.75) is 38.3 Å². The summed E-state index contributed by atoms with van der Waals surface area (Å²) in [5.41, 5.74) is 5.57. The first-order valence-electron chi connectivity index (χ1n) is 5.88. The van der Waals surface area contributed by atoms with Crippen molar-refractivity contribution in [1.29, 1.82) is 0 Å². The predicted octanol–water partition coefficient (Wildman–Crippen LogP) is -0.688. The van der Waals surface area contributed by atoms with E-state index in [1.54, 1.807) is 0 Å². The van der Waals surface area contributed by atoms with Gasteiger partial charge in [-0.1, -0.05) is 6.42 Å². The maximum atomic E-state index is 11.9. The summed E-state index contributed by atoms with van der Waals surface area (Å²) in [7, 11) is 0. The molecule has 4 unspecified atom stereocenters. The highest BCUT2D eigenvalue weighted by molar-refractivity contribution is 5.85. The predicted molar refractivity (Wildman–Crippen MR) is 61.1 cm³/mol. The van der Waals surface area contributed by atoms with Gasteiger partial charge in [0.25, 0.3) is 0 Å². The van der Waals surface area contributed by atoms with Gasteiger partial charge in [0.2, 0.25) is 5.91 Å². The molecule has 5 N–H and O–H groups in total. The highest BCUT2D eigenvalue weighted by atomic mass is 16.4. The maximum absolute atomic E-state index is 11.9. The summed E-state index contributed by atoms with van der Waals surface area (Å²) < 4.78 is 0. The second-order valence-corrected chi connectivity index (χ2v) is 4.60. The van der Waals surface area contributed by atoms with E-state index in [1.165, 1.54) is 6.92 Å². The Hall–Kier alpha value is -1.14. The molecule has 98 valence electrons. The fraction of sp³-hybridized carbons (Fsp3) is 0.818. The lowest BCUT2D eigenvalue weighted by atomic mass is 9.95. The van der Waals surface area contributed by atoms with Gasteiger partial charge in [0, 0.05) is 5.92 Å². The first-order valence-corrected chi connectivity index (χ1v) is 5.88. The first-order chi connectivity index (χ1) is 7.97. The van der Waals surface area contributed by atoms with E-state index in [0.29, 0.717) is 6.54 Å². The number of hydrogen-bond acceptors (Lipinski definition) is 4. The number of carbonyl (C=O) groups is 2. The summed E-state index contributed by atoms with van der Waals surface area (Å²) in [6.45, 7) is 1.78. The highest BCUT2D eigenvalue weighted by Crippen LogP contribution is 2.31. The minimum absolute atomic E-state index is 0.124. The number of amides is 1. The summed E-state index contributed by atoms with van der Waals surface area (Å²) in [5.74, 6) is -1.64. The summed E-state index contributed by atoms with van der Waals surface area (Å²) in [6, 6.07) is -1.25. The molecule has 0 bridgehead atoms. The van der Waals surface area contributed by atoms with Gasteiger partial charge in [-0.2, -0.15) is 0 Å². The third-order valence-electron chi connectivity index (χ3n) is 3.34. The van der Waals surface area contributed by atoms with Crippen LogP contribution in [0.4, 0.5) is 0 Å². The summed E-state index contributed by atoms with van der Waals surface area (Å²) >= 11 is 0. The Morgan fingerprint density at radius 2 is 2.12 bits per heavy atom. The number of carbonyl (C=O) groups excluding carboxylic acids is 1. The van der Waals surface area contributed by atoms with Crippen LogP contribution in [0.2, 0.25) is 0 Å². The number of nitrogens with one attached hydrogen (secondary N) is 1. The molecule has 0 aromatic heterocycles. The molecular weight excluding hydrogens is 224 g/mol. The molecule has 0 spiro atoms. The maximum Gasteiger partial charge on any atom is 0.328 e. The number of aliphatic hydroxyl groups is 1. The molecule has 0 aromatic carbocycles. The standard InChI is InChI=1S/C11H20N2O4/c1-6(14)9(11(16)17)13-10(15)8-4-2-3-7(8)5-12/h6-9,14H,2-5,12H2,1H3,(H,13,15)(H,16,17). The average molecular weight is 244 g/mol. The minimum atomic E-state index is -1.25. The van der Waals surface area contributed by atoms with Crippen molar-refractivity contribution < 1.29 is 19.8 Å². The van der Waals surface area contributed by atoms with Crippen LogP contribution in [-0.2, 0) is 9.59 Å². The van der Waals surface area contributed by atoms with Gasteiger partial charge in [-0.3, -0.25) is 4.79 Å². The third kappa shape index (κ3) is 3.41. The molecule has 0 heterocycles. The van der Waals surface area contributed by atoms with E-state index in [2.05, 4.69) is 5.32 Å². The lowest BCUT2D eigenvalue weighted by molar-refractivity contribution is -0.145. The molecule has 6 nitrogen and oxygen atoms in total. The Morgan fingerprint density at radius 1 is 1.47 bits per heavy atom. The summed E-state index contributed by atoms with van der Waals surface area (Å²) in [4.78, 5) is 22.7. The summed E-state index contributed by atoms with van der Waals surface area (Å²) in [5, 5.41) is 20.5.